The summed E-state index contributed by atoms with van der Waals surface area (Å²) in [5.74, 6) is -0.753. The minimum absolute atomic E-state index is 0.0363. The van der Waals surface area contributed by atoms with Gasteiger partial charge >= 0.3 is 5.97 Å². The summed E-state index contributed by atoms with van der Waals surface area (Å²) in [6.07, 6.45) is -0.740. The van der Waals surface area contributed by atoms with Crippen molar-refractivity contribution in [2.24, 2.45) is 0 Å². The first-order valence-corrected chi connectivity index (χ1v) is 6.35. The number of amides is 1. The Morgan fingerprint density at radius 2 is 2.10 bits per heavy atom. The van der Waals surface area contributed by atoms with Gasteiger partial charge in [0.2, 0.25) is 0 Å². The normalized spacial score (nSPS) is 12.4. The molecule has 112 valence electrons. The lowest BCUT2D eigenvalue weighted by atomic mass is 10.0. The van der Waals surface area contributed by atoms with Crippen molar-refractivity contribution in [3.8, 4) is 0 Å². The van der Waals surface area contributed by atoms with Gasteiger partial charge in [0.15, 0.2) is 5.76 Å². The third-order valence-electron chi connectivity index (χ3n) is 2.87. The Balaban J connectivity index is 2.72. The zero-order chi connectivity index (χ0) is 15.3. The van der Waals surface area contributed by atoms with E-state index in [1.807, 2.05) is 13.8 Å². The van der Waals surface area contributed by atoms with Gasteiger partial charge in [0.1, 0.15) is 5.56 Å². The summed E-state index contributed by atoms with van der Waals surface area (Å²) in [4.78, 5) is 22.8. The molecule has 0 aliphatic rings. The number of hydrogen-bond donors (Lipinski definition) is 2. The van der Waals surface area contributed by atoms with E-state index in [-0.39, 0.29) is 24.8 Å². The van der Waals surface area contributed by atoms with Crippen LogP contribution in [0.5, 0.6) is 0 Å². The monoisotopic (exact) mass is 284 g/mol. The summed E-state index contributed by atoms with van der Waals surface area (Å²) in [5.41, 5.74) is 0.920. The minimum atomic E-state index is -0.977. The molecule has 0 aromatic carbocycles. The summed E-state index contributed by atoms with van der Waals surface area (Å²) < 4.78 is 10.1. The number of hydrogen-bond acceptors (Lipinski definition) is 5. The SMILES string of the molecule is COC(CNC(=O)c1c(C)noc1C(C)C)CC(=O)O. The zero-order valence-electron chi connectivity index (χ0n) is 12.1. The lowest BCUT2D eigenvalue weighted by molar-refractivity contribution is -0.139. The van der Waals surface area contributed by atoms with Crippen LogP contribution in [0.4, 0.5) is 0 Å². The Hall–Kier alpha value is -1.89. The number of carboxylic acids is 1. The molecule has 1 amide bonds. The highest BCUT2D eigenvalue weighted by Gasteiger charge is 2.23. The summed E-state index contributed by atoms with van der Waals surface area (Å²) in [6, 6.07) is 0. The van der Waals surface area contributed by atoms with Crippen molar-refractivity contribution in [1.29, 1.82) is 0 Å². The van der Waals surface area contributed by atoms with Crippen LogP contribution in [0.3, 0.4) is 0 Å². The maximum absolute atomic E-state index is 12.1. The topological polar surface area (TPSA) is 102 Å². The van der Waals surface area contributed by atoms with E-state index in [1.54, 1.807) is 6.92 Å². The molecule has 0 aliphatic heterocycles. The Morgan fingerprint density at radius 3 is 2.60 bits per heavy atom. The third kappa shape index (κ3) is 4.06. The maximum Gasteiger partial charge on any atom is 0.306 e. The quantitative estimate of drug-likeness (QED) is 0.783. The molecule has 1 aromatic rings. The molecular weight excluding hydrogens is 264 g/mol. The van der Waals surface area contributed by atoms with Crippen molar-refractivity contribution in [3.63, 3.8) is 0 Å². The van der Waals surface area contributed by atoms with Gasteiger partial charge in [0, 0.05) is 19.6 Å². The van der Waals surface area contributed by atoms with Crippen LogP contribution in [0, 0.1) is 6.92 Å². The van der Waals surface area contributed by atoms with Crippen molar-refractivity contribution in [1.82, 2.24) is 10.5 Å². The standard InChI is InChI=1S/C13H20N2O5/c1-7(2)12-11(8(3)15-20-12)13(18)14-6-9(19-4)5-10(16)17/h7,9H,5-6H2,1-4H3,(H,14,18)(H,16,17). The van der Waals surface area contributed by atoms with E-state index in [2.05, 4.69) is 10.5 Å². The van der Waals surface area contributed by atoms with E-state index in [9.17, 15) is 9.59 Å². The van der Waals surface area contributed by atoms with E-state index in [1.165, 1.54) is 7.11 Å². The molecule has 0 aliphatic carbocycles. The minimum Gasteiger partial charge on any atom is -0.481 e. The van der Waals surface area contributed by atoms with Gasteiger partial charge in [-0.2, -0.15) is 0 Å². The molecule has 1 atom stereocenters. The second-order valence-corrected chi connectivity index (χ2v) is 4.83. The predicted molar refractivity (Wildman–Crippen MR) is 70.7 cm³/mol. The molecule has 7 nitrogen and oxygen atoms in total. The van der Waals surface area contributed by atoms with Gasteiger partial charge in [-0.15, -0.1) is 0 Å². The highest BCUT2D eigenvalue weighted by Crippen LogP contribution is 2.21. The molecule has 7 heteroatoms. The van der Waals surface area contributed by atoms with Crippen molar-refractivity contribution in [2.75, 3.05) is 13.7 Å². The molecule has 0 spiro atoms. The number of nitrogens with one attached hydrogen (secondary N) is 1. The lowest BCUT2D eigenvalue weighted by Gasteiger charge is -2.14. The molecule has 1 rings (SSSR count). The molecular formula is C13H20N2O5. The van der Waals surface area contributed by atoms with Crippen molar-refractivity contribution in [3.05, 3.63) is 17.0 Å². The highest BCUT2D eigenvalue weighted by atomic mass is 16.5. The molecule has 1 aromatic heterocycles. The molecule has 0 saturated carbocycles. The van der Waals surface area contributed by atoms with E-state index in [4.69, 9.17) is 14.4 Å². The van der Waals surface area contributed by atoms with Gasteiger partial charge in [0.25, 0.3) is 5.91 Å². The average Bonchev–Trinajstić information content (AvgIpc) is 2.75. The van der Waals surface area contributed by atoms with Gasteiger partial charge in [-0.1, -0.05) is 19.0 Å². The second kappa shape index (κ2) is 7.04. The maximum atomic E-state index is 12.1. The molecule has 0 fully saturated rings. The predicted octanol–water partition coefficient (Wildman–Crippen LogP) is 1.33. The van der Waals surface area contributed by atoms with Crippen LogP contribution >= 0.6 is 0 Å². The highest BCUT2D eigenvalue weighted by molar-refractivity contribution is 5.96. The van der Waals surface area contributed by atoms with E-state index < -0.39 is 12.1 Å². The molecule has 20 heavy (non-hydrogen) atoms. The summed E-state index contributed by atoms with van der Waals surface area (Å²) >= 11 is 0. The molecule has 1 heterocycles. The van der Waals surface area contributed by atoms with Crippen LogP contribution in [-0.4, -0.2) is 41.9 Å². The van der Waals surface area contributed by atoms with Crippen molar-refractivity contribution >= 4 is 11.9 Å². The number of rotatable bonds is 7. The molecule has 0 saturated heterocycles. The fourth-order valence-corrected chi connectivity index (χ4v) is 1.79. The Morgan fingerprint density at radius 1 is 1.45 bits per heavy atom. The number of aromatic nitrogens is 1. The van der Waals surface area contributed by atoms with Crippen LogP contribution in [0.15, 0.2) is 4.52 Å². The fourth-order valence-electron chi connectivity index (χ4n) is 1.79. The van der Waals surface area contributed by atoms with Crippen molar-refractivity contribution in [2.45, 2.75) is 39.2 Å². The fraction of sp³-hybridized carbons (Fsp3) is 0.615. The van der Waals surface area contributed by atoms with Crippen LogP contribution < -0.4 is 5.32 Å². The van der Waals surface area contributed by atoms with Gasteiger partial charge in [-0.25, -0.2) is 0 Å². The number of carbonyl (C=O) groups is 2. The van der Waals surface area contributed by atoms with Crippen LogP contribution in [0.25, 0.3) is 0 Å². The number of aliphatic carboxylic acids is 1. The summed E-state index contributed by atoms with van der Waals surface area (Å²) in [6.45, 7) is 5.61. The molecule has 0 radical (unpaired) electrons. The van der Waals surface area contributed by atoms with Crippen molar-refractivity contribution < 1.29 is 24.0 Å². The Labute approximate surface area is 117 Å². The first-order chi connectivity index (χ1) is 9.36. The largest absolute Gasteiger partial charge is 0.481 e. The number of methoxy groups -OCH3 is 1. The molecule has 0 bridgehead atoms. The third-order valence-corrected chi connectivity index (χ3v) is 2.87. The van der Waals surface area contributed by atoms with Crippen LogP contribution in [-0.2, 0) is 9.53 Å². The van der Waals surface area contributed by atoms with Gasteiger partial charge in [-0.3, -0.25) is 9.59 Å². The van der Waals surface area contributed by atoms with Gasteiger partial charge in [0.05, 0.1) is 18.2 Å². The first-order valence-electron chi connectivity index (χ1n) is 6.35. The number of nitrogens with zero attached hydrogens (tertiary/aromatic N) is 1. The zero-order valence-corrected chi connectivity index (χ0v) is 12.1. The summed E-state index contributed by atoms with van der Waals surface area (Å²) in [5, 5.41) is 15.2. The van der Waals surface area contributed by atoms with Crippen LogP contribution in [0.1, 0.15) is 48.0 Å². The van der Waals surface area contributed by atoms with Gasteiger partial charge in [-0.05, 0) is 6.92 Å². The molecule has 2 N–H and O–H groups in total. The van der Waals surface area contributed by atoms with Gasteiger partial charge < -0.3 is 19.7 Å². The second-order valence-electron chi connectivity index (χ2n) is 4.83. The number of carboxylic acid groups (broad SMARTS) is 1. The van der Waals surface area contributed by atoms with E-state index in [0.29, 0.717) is 17.0 Å². The average molecular weight is 284 g/mol. The molecule has 1 unspecified atom stereocenters. The first kappa shape index (κ1) is 16.2. The lowest BCUT2D eigenvalue weighted by Crippen LogP contribution is -2.35. The number of carbonyl (C=O) groups excluding carboxylic acids is 1. The smallest absolute Gasteiger partial charge is 0.306 e. The number of ether oxygens (including phenoxy) is 1. The Bertz CT molecular complexity index is 481. The van der Waals surface area contributed by atoms with E-state index >= 15 is 0 Å². The summed E-state index contributed by atoms with van der Waals surface area (Å²) in [7, 11) is 1.41. The number of aryl methyl sites for hydroxylation is 1. The Kier molecular flexibility index (Phi) is 5.69. The van der Waals surface area contributed by atoms with Crippen LogP contribution in [0.2, 0.25) is 0 Å². The van der Waals surface area contributed by atoms with E-state index in [0.717, 1.165) is 0 Å².